The van der Waals surface area contributed by atoms with Gasteiger partial charge in [0.2, 0.25) is 5.78 Å². The van der Waals surface area contributed by atoms with E-state index in [9.17, 15) is 4.79 Å². The van der Waals surface area contributed by atoms with Crippen LogP contribution in [0.1, 0.15) is 38.4 Å². The number of furan rings is 1. The zero-order chi connectivity index (χ0) is 12.5. The summed E-state index contributed by atoms with van der Waals surface area (Å²) in [6, 6.07) is 5.79. The van der Waals surface area contributed by atoms with Gasteiger partial charge in [-0.2, -0.15) is 0 Å². The maximum atomic E-state index is 12.4. The molecule has 1 atom stereocenters. The number of fused-ring (bicyclic) bond motifs is 4. The van der Waals surface area contributed by atoms with E-state index in [0.29, 0.717) is 17.9 Å². The Labute approximate surface area is 104 Å². The first-order chi connectivity index (χ1) is 8.65. The van der Waals surface area contributed by atoms with Gasteiger partial charge < -0.3 is 9.15 Å². The Morgan fingerprint density at radius 1 is 1.17 bits per heavy atom. The smallest absolute Gasteiger partial charge is 0.229 e. The molecule has 3 nitrogen and oxygen atoms in total. The monoisotopic (exact) mass is 240 g/mol. The molecule has 1 fully saturated rings. The predicted octanol–water partition coefficient (Wildman–Crippen LogP) is 2.71. The van der Waals surface area contributed by atoms with Crippen molar-refractivity contribution in [3.05, 3.63) is 58.0 Å². The number of ketones is 1. The molecule has 0 amide bonds. The highest BCUT2D eigenvalue weighted by molar-refractivity contribution is 6.12. The molecule has 1 unspecified atom stereocenters. The SMILES string of the molecule is Cc1cccc2c1C1(CO1)c1c(C)coc1C2=O. The van der Waals surface area contributed by atoms with E-state index in [1.54, 1.807) is 6.26 Å². The number of carbonyl (C=O) groups is 1. The molecule has 2 heterocycles. The Hall–Kier alpha value is -1.87. The van der Waals surface area contributed by atoms with Crippen LogP contribution < -0.4 is 0 Å². The van der Waals surface area contributed by atoms with Crippen molar-refractivity contribution in [1.82, 2.24) is 0 Å². The molecular formula is C15H12O3. The molecule has 2 aromatic rings. The molecule has 2 aliphatic rings. The maximum Gasteiger partial charge on any atom is 0.229 e. The van der Waals surface area contributed by atoms with Crippen LogP contribution >= 0.6 is 0 Å². The van der Waals surface area contributed by atoms with Crippen LogP contribution in [0.5, 0.6) is 0 Å². The number of epoxide rings is 1. The summed E-state index contributed by atoms with van der Waals surface area (Å²) in [6.07, 6.45) is 1.65. The molecule has 0 radical (unpaired) electrons. The zero-order valence-electron chi connectivity index (χ0n) is 10.2. The van der Waals surface area contributed by atoms with Crippen LogP contribution in [0.2, 0.25) is 0 Å². The maximum absolute atomic E-state index is 12.4. The van der Waals surface area contributed by atoms with E-state index in [0.717, 1.165) is 22.3 Å². The number of carbonyl (C=O) groups excluding carboxylic acids is 1. The van der Waals surface area contributed by atoms with Gasteiger partial charge in [0.25, 0.3) is 0 Å². The Balaban J connectivity index is 2.13. The van der Waals surface area contributed by atoms with Gasteiger partial charge in [-0.25, -0.2) is 0 Å². The van der Waals surface area contributed by atoms with Gasteiger partial charge in [0, 0.05) is 16.7 Å². The van der Waals surface area contributed by atoms with E-state index in [4.69, 9.17) is 9.15 Å². The second-order valence-electron chi connectivity index (χ2n) is 5.07. The van der Waals surface area contributed by atoms with Crippen LogP contribution in [0.25, 0.3) is 0 Å². The van der Waals surface area contributed by atoms with Crippen LogP contribution in [0.15, 0.2) is 28.9 Å². The van der Waals surface area contributed by atoms with Crippen LogP contribution in [0.3, 0.4) is 0 Å². The lowest BCUT2D eigenvalue weighted by Crippen LogP contribution is -2.26. The molecule has 1 aliphatic carbocycles. The van der Waals surface area contributed by atoms with Crippen molar-refractivity contribution in [1.29, 1.82) is 0 Å². The minimum Gasteiger partial charge on any atom is -0.460 e. The molecule has 0 N–H and O–H groups in total. The first-order valence-corrected chi connectivity index (χ1v) is 6.02. The normalized spacial score (nSPS) is 24.0. The van der Waals surface area contributed by atoms with Crippen LogP contribution in [-0.4, -0.2) is 12.4 Å². The van der Waals surface area contributed by atoms with Crippen LogP contribution in [0, 0.1) is 13.8 Å². The second kappa shape index (κ2) is 2.93. The lowest BCUT2D eigenvalue weighted by Gasteiger charge is -2.23. The fourth-order valence-corrected chi connectivity index (χ4v) is 3.11. The summed E-state index contributed by atoms with van der Waals surface area (Å²) in [5.74, 6) is 0.418. The molecular weight excluding hydrogens is 228 g/mol. The molecule has 0 bridgehead atoms. The molecule has 1 aromatic carbocycles. The van der Waals surface area contributed by atoms with Crippen molar-refractivity contribution >= 4 is 5.78 Å². The van der Waals surface area contributed by atoms with Crippen LogP contribution in [0.4, 0.5) is 0 Å². The Bertz CT molecular complexity index is 690. The molecule has 0 saturated carbocycles. The van der Waals surface area contributed by atoms with Crippen molar-refractivity contribution in [2.75, 3.05) is 6.61 Å². The summed E-state index contributed by atoms with van der Waals surface area (Å²) in [4.78, 5) is 12.4. The zero-order valence-corrected chi connectivity index (χ0v) is 10.2. The summed E-state index contributed by atoms with van der Waals surface area (Å²) in [6.45, 7) is 4.61. The molecule has 1 aliphatic heterocycles. The second-order valence-corrected chi connectivity index (χ2v) is 5.07. The molecule has 90 valence electrons. The third-order valence-corrected chi connectivity index (χ3v) is 3.94. The Kier molecular flexibility index (Phi) is 1.64. The van der Waals surface area contributed by atoms with E-state index in [-0.39, 0.29) is 5.78 Å². The standard InChI is InChI=1S/C15H12O3/c1-8-4-3-5-10-11(8)15(7-18-15)12-9(2)6-17-14(12)13(10)16/h3-6H,7H2,1-2H3. The van der Waals surface area contributed by atoms with Crippen LogP contribution in [-0.2, 0) is 10.3 Å². The topological polar surface area (TPSA) is 42.7 Å². The highest BCUT2D eigenvalue weighted by Crippen LogP contribution is 2.53. The largest absolute Gasteiger partial charge is 0.460 e. The van der Waals surface area contributed by atoms with E-state index in [2.05, 4.69) is 0 Å². The van der Waals surface area contributed by atoms with Crippen molar-refractivity contribution in [3.8, 4) is 0 Å². The van der Waals surface area contributed by atoms with E-state index >= 15 is 0 Å². The van der Waals surface area contributed by atoms with Crippen molar-refractivity contribution < 1.29 is 13.9 Å². The highest BCUT2D eigenvalue weighted by Gasteiger charge is 2.57. The predicted molar refractivity (Wildman–Crippen MR) is 64.8 cm³/mol. The number of rotatable bonds is 0. The quantitative estimate of drug-likeness (QED) is 0.665. The molecule has 1 saturated heterocycles. The van der Waals surface area contributed by atoms with E-state index in [1.807, 2.05) is 32.0 Å². The Morgan fingerprint density at radius 3 is 2.67 bits per heavy atom. The third-order valence-electron chi connectivity index (χ3n) is 3.94. The average molecular weight is 240 g/mol. The summed E-state index contributed by atoms with van der Waals surface area (Å²) in [7, 11) is 0. The fourth-order valence-electron chi connectivity index (χ4n) is 3.11. The van der Waals surface area contributed by atoms with Crippen molar-refractivity contribution in [3.63, 3.8) is 0 Å². The molecule has 1 spiro atoms. The summed E-state index contributed by atoms with van der Waals surface area (Å²) in [5.41, 5.74) is 4.33. The van der Waals surface area contributed by atoms with Gasteiger partial charge in [0.05, 0.1) is 12.9 Å². The van der Waals surface area contributed by atoms with Gasteiger partial charge in [-0.3, -0.25) is 4.79 Å². The summed E-state index contributed by atoms with van der Waals surface area (Å²) in [5, 5.41) is 0. The summed E-state index contributed by atoms with van der Waals surface area (Å²) >= 11 is 0. The van der Waals surface area contributed by atoms with Gasteiger partial charge in [0.1, 0.15) is 5.60 Å². The van der Waals surface area contributed by atoms with Gasteiger partial charge in [-0.15, -0.1) is 0 Å². The molecule has 1 aromatic heterocycles. The van der Waals surface area contributed by atoms with E-state index in [1.165, 1.54) is 0 Å². The Morgan fingerprint density at radius 2 is 1.94 bits per heavy atom. The van der Waals surface area contributed by atoms with Gasteiger partial charge in [-0.1, -0.05) is 18.2 Å². The molecule has 3 heteroatoms. The number of hydrogen-bond donors (Lipinski definition) is 0. The van der Waals surface area contributed by atoms with E-state index < -0.39 is 5.60 Å². The third kappa shape index (κ3) is 0.969. The van der Waals surface area contributed by atoms with Gasteiger partial charge >= 0.3 is 0 Å². The summed E-state index contributed by atoms with van der Waals surface area (Å²) < 4.78 is 11.2. The minimum absolute atomic E-state index is 0.0297. The number of benzene rings is 1. The highest BCUT2D eigenvalue weighted by atomic mass is 16.6. The lowest BCUT2D eigenvalue weighted by molar-refractivity contribution is 0.0997. The lowest BCUT2D eigenvalue weighted by atomic mass is 9.77. The number of aryl methyl sites for hydroxylation is 2. The van der Waals surface area contributed by atoms with Gasteiger partial charge in [-0.05, 0) is 25.0 Å². The number of hydrogen-bond acceptors (Lipinski definition) is 3. The van der Waals surface area contributed by atoms with Crippen molar-refractivity contribution in [2.24, 2.45) is 0 Å². The molecule has 18 heavy (non-hydrogen) atoms. The molecule has 4 rings (SSSR count). The van der Waals surface area contributed by atoms with Crippen molar-refractivity contribution in [2.45, 2.75) is 19.4 Å². The van der Waals surface area contributed by atoms with Gasteiger partial charge in [0.15, 0.2) is 5.76 Å². The first-order valence-electron chi connectivity index (χ1n) is 6.02. The minimum atomic E-state index is -0.430. The first kappa shape index (κ1) is 10.1. The average Bonchev–Trinajstić information content (AvgIpc) is 3.03. The number of ether oxygens (including phenoxy) is 1. The fraction of sp³-hybridized carbons (Fsp3) is 0.267.